The van der Waals surface area contributed by atoms with Crippen molar-refractivity contribution in [3.05, 3.63) is 60.6 Å². The smallest absolute Gasteiger partial charge is 0.228 e. The maximum Gasteiger partial charge on any atom is 0.228 e. The van der Waals surface area contributed by atoms with Gasteiger partial charge < -0.3 is 14.8 Å². The number of pyridine rings is 1. The molecular weight excluding hydrogens is 474 g/mol. The Morgan fingerprint density at radius 3 is 2.78 bits per heavy atom. The fourth-order valence-electron chi connectivity index (χ4n) is 4.15. The number of hydrogen-bond donors (Lipinski definition) is 1. The van der Waals surface area contributed by atoms with Crippen molar-refractivity contribution in [2.75, 3.05) is 25.6 Å². The van der Waals surface area contributed by atoms with Crippen molar-refractivity contribution in [1.82, 2.24) is 39.0 Å². The predicted octanol–water partition coefficient (Wildman–Crippen LogP) is 2.76. The van der Waals surface area contributed by atoms with Gasteiger partial charge >= 0.3 is 0 Å². The molecule has 5 aromatic heterocycles. The van der Waals surface area contributed by atoms with Crippen molar-refractivity contribution in [2.45, 2.75) is 32.4 Å². The summed E-state index contributed by atoms with van der Waals surface area (Å²) >= 11 is 0. The summed E-state index contributed by atoms with van der Waals surface area (Å²) in [5.41, 5.74) is 4.17. The minimum Gasteiger partial charge on any atom is -0.382 e. The number of carbonyl (C=O) groups is 1. The third kappa shape index (κ3) is 4.80. The fraction of sp³-hybridized carbons (Fsp3) is 0.360. The van der Waals surface area contributed by atoms with E-state index in [4.69, 9.17) is 14.6 Å². The molecule has 1 amide bonds. The van der Waals surface area contributed by atoms with Crippen LogP contribution in [0, 0.1) is 5.92 Å². The van der Waals surface area contributed by atoms with Crippen molar-refractivity contribution in [2.24, 2.45) is 5.92 Å². The van der Waals surface area contributed by atoms with Crippen LogP contribution in [0.4, 0.5) is 5.82 Å². The molecule has 1 N–H and O–H groups in total. The molecule has 12 nitrogen and oxygen atoms in total. The van der Waals surface area contributed by atoms with Gasteiger partial charge in [0.25, 0.3) is 0 Å². The topological polar surface area (TPSA) is 126 Å². The number of aromatic nitrogens is 8. The van der Waals surface area contributed by atoms with Crippen molar-refractivity contribution in [3.63, 3.8) is 0 Å². The Labute approximate surface area is 212 Å². The third-order valence-corrected chi connectivity index (χ3v) is 6.42. The minimum absolute atomic E-state index is 0.0203. The summed E-state index contributed by atoms with van der Waals surface area (Å²) < 4.78 is 16.0. The highest BCUT2D eigenvalue weighted by atomic mass is 16.5. The van der Waals surface area contributed by atoms with Crippen LogP contribution >= 0.6 is 0 Å². The second kappa shape index (κ2) is 9.71. The van der Waals surface area contributed by atoms with E-state index >= 15 is 0 Å². The lowest BCUT2D eigenvalue weighted by molar-refractivity contribution is -0.117. The Hall–Kier alpha value is -4.16. The van der Waals surface area contributed by atoms with Gasteiger partial charge in [0.15, 0.2) is 17.1 Å². The fourth-order valence-corrected chi connectivity index (χ4v) is 4.15. The van der Waals surface area contributed by atoms with Gasteiger partial charge in [0.1, 0.15) is 12.6 Å². The highest BCUT2D eigenvalue weighted by molar-refractivity contribution is 5.93. The van der Waals surface area contributed by atoms with E-state index in [1.54, 1.807) is 22.5 Å². The van der Waals surface area contributed by atoms with Gasteiger partial charge in [-0.2, -0.15) is 10.2 Å². The summed E-state index contributed by atoms with van der Waals surface area (Å²) in [5, 5.41) is 20.8. The summed E-state index contributed by atoms with van der Waals surface area (Å²) in [5.74, 6) is 1.27. The Kier molecular flexibility index (Phi) is 6.10. The van der Waals surface area contributed by atoms with Crippen LogP contribution in [0.3, 0.4) is 0 Å². The maximum absolute atomic E-state index is 12.1. The zero-order valence-electron chi connectivity index (χ0n) is 20.6. The lowest BCUT2D eigenvalue weighted by Crippen LogP contribution is -2.13. The van der Waals surface area contributed by atoms with Crippen LogP contribution in [0.5, 0.6) is 0 Å². The highest BCUT2D eigenvalue weighted by Gasteiger charge is 2.30. The molecule has 0 aliphatic heterocycles. The van der Waals surface area contributed by atoms with Gasteiger partial charge in [-0.05, 0) is 44.0 Å². The average molecular weight is 502 g/mol. The molecule has 0 saturated heterocycles. The van der Waals surface area contributed by atoms with E-state index in [1.807, 2.05) is 54.2 Å². The Bertz CT molecular complexity index is 1570. The number of methoxy groups -OCH3 is 1. The SMILES string of the molecule is COCCOCn1cc(-c2ccc3nnc(C(C)c4ccc5nc(NC(=O)C6CC6)cn5n4)n3c2)cn1. The van der Waals surface area contributed by atoms with E-state index in [0.717, 1.165) is 41.1 Å². The van der Waals surface area contributed by atoms with Crippen LogP contribution in [-0.2, 0) is 21.0 Å². The molecule has 5 heterocycles. The zero-order valence-corrected chi connectivity index (χ0v) is 20.6. The third-order valence-electron chi connectivity index (χ3n) is 6.42. The molecule has 0 bridgehead atoms. The molecule has 1 aliphatic carbocycles. The molecule has 1 saturated carbocycles. The Balaban J connectivity index is 1.23. The van der Waals surface area contributed by atoms with Gasteiger partial charge in [0.2, 0.25) is 5.91 Å². The van der Waals surface area contributed by atoms with E-state index in [0.29, 0.717) is 31.4 Å². The normalized spacial score (nSPS) is 14.4. The summed E-state index contributed by atoms with van der Waals surface area (Å²) in [6.45, 7) is 3.45. The van der Waals surface area contributed by atoms with Gasteiger partial charge in [-0.3, -0.25) is 9.20 Å². The number of anilines is 1. The second-order valence-corrected chi connectivity index (χ2v) is 9.18. The molecule has 12 heteroatoms. The number of carbonyl (C=O) groups excluding carboxylic acids is 1. The molecule has 6 rings (SSSR count). The number of ether oxygens (including phenoxy) is 2. The van der Waals surface area contributed by atoms with Gasteiger partial charge in [-0.1, -0.05) is 0 Å². The number of fused-ring (bicyclic) bond motifs is 2. The van der Waals surface area contributed by atoms with Crippen molar-refractivity contribution in [3.8, 4) is 11.1 Å². The quantitative estimate of drug-likeness (QED) is 0.290. The number of nitrogens with zero attached hydrogens (tertiary/aromatic N) is 8. The number of hydrogen-bond acceptors (Lipinski definition) is 8. The molecule has 1 aliphatic rings. The molecule has 1 fully saturated rings. The molecule has 0 spiro atoms. The van der Waals surface area contributed by atoms with Crippen molar-refractivity contribution < 1.29 is 14.3 Å². The first kappa shape index (κ1) is 23.3. The minimum atomic E-state index is -0.140. The highest BCUT2D eigenvalue weighted by Crippen LogP contribution is 2.30. The predicted molar refractivity (Wildman–Crippen MR) is 134 cm³/mol. The summed E-state index contributed by atoms with van der Waals surface area (Å²) in [7, 11) is 1.64. The van der Waals surface area contributed by atoms with Crippen LogP contribution in [0.2, 0.25) is 0 Å². The second-order valence-electron chi connectivity index (χ2n) is 9.18. The zero-order chi connectivity index (χ0) is 25.4. The summed E-state index contributed by atoms with van der Waals surface area (Å²) in [4.78, 5) is 16.6. The summed E-state index contributed by atoms with van der Waals surface area (Å²) in [6, 6.07) is 7.76. The largest absolute Gasteiger partial charge is 0.382 e. The molecular formula is C25H27N9O3. The lowest BCUT2D eigenvalue weighted by Gasteiger charge is -2.10. The van der Waals surface area contributed by atoms with Gasteiger partial charge in [0.05, 0.1) is 37.2 Å². The standard InChI is InChI=1S/C25H27N9O3/c1-16(20-6-8-22-27-21(14-34(22)31-20)28-25(35)17-3-4-17)24-30-29-23-7-5-18(13-33(23)24)19-11-26-32(12-19)15-37-10-9-36-2/h5-8,11-14,16-17H,3-4,9-10,15H2,1-2H3,(H,28,35). The summed E-state index contributed by atoms with van der Waals surface area (Å²) in [6.07, 6.45) is 9.38. The average Bonchev–Trinajstić information content (AvgIpc) is 3.32. The van der Waals surface area contributed by atoms with Crippen LogP contribution < -0.4 is 5.32 Å². The molecule has 37 heavy (non-hydrogen) atoms. The number of imidazole rings is 1. The first-order valence-electron chi connectivity index (χ1n) is 12.2. The van der Waals surface area contributed by atoms with E-state index in [2.05, 4.69) is 25.6 Å². The van der Waals surface area contributed by atoms with Gasteiger partial charge in [-0.15, -0.1) is 10.2 Å². The van der Waals surface area contributed by atoms with E-state index < -0.39 is 0 Å². The lowest BCUT2D eigenvalue weighted by atomic mass is 10.1. The number of nitrogens with one attached hydrogen (secondary N) is 1. The Morgan fingerprint density at radius 2 is 1.95 bits per heavy atom. The molecule has 5 aromatic rings. The monoisotopic (exact) mass is 501 g/mol. The van der Waals surface area contributed by atoms with Crippen LogP contribution in [0.1, 0.15) is 37.2 Å². The van der Waals surface area contributed by atoms with E-state index in [-0.39, 0.29) is 17.7 Å². The molecule has 0 radical (unpaired) electrons. The Morgan fingerprint density at radius 1 is 1.08 bits per heavy atom. The van der Waals surface area contributed by atoms with E-state index in [9.17, 15) is 4.79 Å². The maximum atomic E-state index is 12.1. The molecule has 1 atom stereocenters. The van der Waals surface area contributed by atoms with Crippen LogP contribution in [0.15, 0.2) is 49.1 Å². The first-order chi connectivity index (χ1) is 18.1. The number of rotatable bonds is 10. The number of amides is 1. The van der Waals surface area contributed by atoms with Crippen LogP contribution in [-0.4, -0.2) is 65.2 Å². The van der Waals surface area contributed by atoms with Crippen molar-refractivity contribution >= 4 is 23.0 Å². The first-order valence-corrected chi connectivity index (χ1v) is 12.2. The molecule has 190 valence electrons. The van der Waals surface area contributed by atoms with Crippen molar-refractivity contribution in [1.29, 1.82) is 0 Å². The van der Waals surface area contributed by atoms with Gasteiger partial charge in [-0.25, -0.2) is 14.2 Å². The van der Waals surface area contributed by atoms with Crippen LogP contribution in [0.25, 0.3) is 22.4 Å². The molecule has 1 unspecified atom stereocenters. The van der Waals surface area contributed by atoms with Gasteiger partial charge in [0, 0.05) is 36.5 Å². The van der Waals surface area contributed by atoms with E-state index in [1.165, 1.54) is 0 Å². The molecule has 0 aromatic carbocycles.